The van der Waals surface area contributed by atoms with Gasteiger partial charge in [-0.3, -0.25) is 14.4 Å². The Kier molecular flexibility index (Phi) is 5.92. The Morgan fingerprint density at radius 1 is 0.917 bits per heavy atom. The molecule has 0 unspecified atom stereocenters. The maximum absolute atomic E-state index is 11.8. The van der Waals surface area contributed by atoms with E-state index in [1.54, 1.807) is 48.5 Å². The van der Waals surface area contributed by atoms with Gasteiger partial charge in [0.15, 0.2) is 0 Å². The third-order valence-electron chi connectivity index (χ3n) is 3.06. The van der Waals surface area contributed by atoms with Crippen molar-refractivity contribution in [2.75, 3.05) is 10.6 Å². The van der Waals surface area contributed by atoms with Crippen molar-refractivity contribution in [3.8, 4) is 0 Å². The Labute approximate surface area is 144 Å². The van der Waals surface area contributed by atoms with Crippen LogP contribution in [-0.2, 0) is 20.9 Å². The predicted molar refractivity (Wildman–Crippen MR) is 92.7 cm³/mol. The number of carbonyl (C=O) groups excluding carboxylic acids is 3. The largest absolute Gasteiger partial charge is 0.344 e. The van der Waals surface area contributed by atoms with Crippen molar-refractivity contribution in [2.24, 2.45) is 0 Å². The molecule has 124 valence electrons. The lowest BCUT2D eigenvalue weighted by atomic mass is 10.2. The Balaban J connectivity index is 1.87. The van der Waals surface area contributed by atoms with Crippen molar-refractivity contribution < 1.29 is 14.4 Å². The van der Waals surface area contributed by atoms with Gasteiger partial charge in [0.2, 0.25) is 5.91 Å². The van der Waals surface area contributed by atoms with Crippen LogP contribution in [0.2, 0.25) is 5.02 Å². The SMILES string of the molecule is CC(=O)Nc1ccc(CNC(=O)C(=O)Nc2ccccc2Cl)cc1. The number of para-hydroxylation sites is 1. The van der Waals surface area contributed by atoms with Gasteiger partial charge in [0.25, 0.3) is 0 Å². The van der Waals surface area contributed by atoms with Crippen molar-refractivity contribution in [1.82, 2.24) is 5.32 Å². The average molecular weight is 346 g/mol. The molecule has 0 aromatic heterocycles. The van der Waals surface area contributed by atoms with Crippen LogP contribution < -0.4 is 16.0 Å². The van der Waals surface area contributed by atoms with Crippen LogP contribution in [0, 0.1) is 0 Å². The van der Waals surface area contributed by atoms with Crippen LogP contribution in [0.1, 0.15) is 12.5 Å². The number of benzene rings is 2. The zero-order valence-corrected chi connectivity index (χ0v) is 13.7. The van der Waals surface area contributed by atoms with Gasteiger partial charge < -0.3 is 16.0 Å². The standard InChI is InChI=1S/C17H16ClN3O3/c1-11(22)20-13-8-6-12(7-9-13)10-19-16(23)17(24)21-15-5-3-2-4-14(15)18/h2-9H,10H2,1H3,(H,19,23)(H,20,22)(H,21,24). The van der Waals surface area contributed by atoms with Crippen molar-refractivity contribution >= 4 is 40.7 Å². The van der Waals surface area contributed by atoms with Gasteiger partial charge in [-0.25, -0.2) is 0 Å². The van der Waals surface area contributed by atoms with Gasteiger partial charge >= 0.3 is 11.8 Å². The first-order valence-corrected chi connectivity index (χ1v) is 7.54. The fourth-order valence-corrected chi connectivity index (χ4v) is 2.10. The third kappa shape index (κ3) is 5.10. The molecule has 0 fully saturated rings. The second-order valence-electron chi connectivity index (χ2n) is 4.99. The number of hydrogen-bond acceptors (Lipinski definition) is 3. The van der Waals surface area contributed by atoms with E-state index in [0.29, 0.717) is 16.4 Å². The molecular formula is C17H16ClN3O3. The second kappa shape index (κ2) is 8.12. The Morgan fingerprint density at radius 2 is 1.58 bits per heavy atom. The highest BCUT2D eigenvalue weighted by Gasteiger charge is 2.14. The monoisotopic (exact) mass is 345 g/mol. The van der Waals surface area contributed by atoms with E-state index in [1.165, 1.54) is 6.92 Å². The molecule has 2 aromatic carbocycles. The van der Waals surface area contributed by atoms with Crippen LogP contribution in [0.5, 0.6) is 0 Å². The first-order chi connectivity index (χ1) is 11.5. The lowest BCUT2D eigenvalue weighted by molar-refractivity contribution is -0.136. The van der Waals surface area contributed by atoms with E-state index in [4.69, 9.17) is 11.6 Å². The summed E-state index contributed by atoms with van der Waals surface area (Å²) < 4.78 is 0. The number of anilines is 2. The molecule has 0 spiro atoms. The summed E-state index contributed by atoms with van der Waals surface area (Å²) in [4.78, 5) is 34.6. The van der Waals surface area contributed by atoms with Crippen LogP contribution >= 0.6 is 11.6 Å². The summed E-state index contributed by atoms with van der Waals surface area (Å²) in [5.74, 6) is -1.72. The van der Waals surface area contributed by atoms with Crippen LogP contribution in [0.3, 0.4) is 0 Å². The Hall–Kier alpha value is -2.86. The van der Waals surface area contributed by atoms with E-state index in [1.807, 2.05) is 0 Å². The minimum Gasteiger partial charge on any atom is -0.344 e. The first kappa shape index (κ1) is 17.5. The number of hydrogen-bond donors (Lipinski definition) is 3. The van der Waals surface area contributed by atoms with E-state index in [9.17, 15) is 14.4 Å². The molecule has 24 heavy (non-hydrogen) atoms. The average Bonchev–Trinajstić information content (AvgIpc) is 2.55. The van der Waals surface area contributed by atoms with Crippen LogP contribution in [0.15, 0.2) is 48.5 Å². The number of carbonyl (C=O) groups is 3. The highest BCUT2D eigenvalue weighted by atomic mass is 35.5. The van der Waals surface area contributed by atoms with Crippen molar-refractivity contribution in [3.63, 3.8) is 0 Å². The smallest absolute Gasteiger partial charge is 0.313 e. The summed E-state index contributed by atoms with van der Waals surface area (Å²) in [6.07, 6.45) is 0. The maximum atomic E-state index is 11.8. The summed E-state index contributed by atoms with van der Waals surface area (Å²) in [5.41, 5.74) is 1.83. The van der Waals surface area contributed by atoms with Crippen molar-refractivity contribution in [3.05, 3.63) is 59.1 Å². The van der Waals surface area contributed by atoms with Gasteiger partial charge in [0.05, 0.1) is 10.7 Å². The van der Waals surface area contributed by atoms with E-state index in [2.05, 4.69) is 16.0 Å². The molecule has 3 N–H and O–H groups in total. The Bertz CT molecular complexity index is 760. The molecule has 6 nitrogen and oxygen atoms in total. The number of halogens is 1. The van der Waals surface area contributed by atoms with Gasteiger partial charge in [0, 0.05) is 19.2 Å². The minimum absolute atomic E-state index is 0.160. The third-order valence-corrected chi connectivity index (χ3v) is 3.39. The fraction of sp³-hybridized carbons (Fsp3) is 0.118. The minimum atomic E-state index is -0.794. The molecule has 2 rings (SSSR count). The molecule has 0 aliphatic rings. The zero-order valence-electron chi connectivity index (χ0n) is 12.9. The number of amides is 3. The first-order valence-electron chi connectivity index (χ1n) is 7.16. The summed E-state index contributed by atoms with van der Waals surface area (Å²) in [5, 5.41) is 7.96. The van der Waals surface area contributed by atoms with E-state index < -0.39 is 11.8 Å². The normalized spacial score (nSPS) is 9.92. The molecule has 0 bridgehead atoms. The quantitative estimate of drug-likeness (QED) is 0.744. The number of rotatable bonds is 4. The maximum Gasteiger partial charge on any atom is 0.313 e. The van der Waals surface area contributed by atoms with Gasteiger partial charge in [-0.15, -0.1) is 0 Å². The molecule has 0 heterocycles. The van der Waals surface area contributed by atoms with Gasteiger partial charge in [-0.1, -0.05) is 35.9 Å². The summed E-state index contributed by atoms with van der Waals surface area (Å²) in [7, 11) is 0. The lowest BCUT2D eigenvalue weighted by Gasteiger charge is -2.08. The molecule has 0 radical (unpaired) electrons. The summed E-state index contributed by atoms with van der Waals surface area (Å²) >= 11 is 5.92. The summed E-state index contributed by atoms with van der Waals surface area (Å²) in [6.45, 7) is 1.61. The fourth-order valence-electron chi connectivity index (χ4n) is 1.91. The molecule has 0 saturated heterocycles. The van der Waals surface area contributed by atoms with Gasteiger partial charge in [-0.2, -0.15) is 0 Å². The van der Waals surface area contributed by atoms with Gasteiger partial charge in [0.1, 0.15) is 0 Å². The van der Waals surface area contributed by atoms with Crippen molar-refractivity contribution in [2.45, 2.75) is 13.5 Å². The van der Waals surface area contributed by atoms with Crippen molar-refractivity contribution in [1.29, 1.82) is 0 Å². The topological polar surface area (TPSA) is 87.3 Å². The van der Waals surface area contributed by atoms with Gasteiger partial charge in [-0.05, 0) is 29.8 Å². The van der Waals surface area contributed by atoms with E-state index in [-0.39, 0.29) is 12.5 Å². The van der Waals surface area contributed by atoms with E-state index >= 15 is 0 Å². The molecule has 7 heteroatoms. The molecular weight excluding hydrogens is 330 g/mol. The zero-order chi connectivity index (χ0) is 17.5. The molecule has 0 aliphatic carbocycles. The molecule has 2 aromatic rings. The Morgan fingerprint density at radius 3 is 2.21 bits per heavy atom. The molecule has 0 saturated carbocycles. The lowest BCUT2D eigenvalue weighted by Crippen LogP contribution is -2.35. The van der Waals surface area contributed by atoms with Crippen LogP contribution in [0.25, 0.3) is 0 Å². The predicted octanol–water partition coefficient (Wildman–Crippen LogP) is 2.55. The molecule has 3 amide bonds. The summed E-state index contributed by atoms with van der Waals surface area (Å²) in [6, 6.07) is 13.6. The van der Waals surface area contributed by atoms with E-state index in [0.717, 1.165) is 5.56 Å². The molecule has 0 atom stereocenters. The highest BCUT2D eigenvalue weighted by molar-refractivity contribution is 6.41. The van der Waals surface area contributed by atoms with Crippen LogP contribution in [0.4, 0.5) is 11.4 Å². The highest BCUT2D eigenvalue weighted by Crippen LogP contribution is 2.20. The number of nitrogens with one attached hydrogen (secondary N) is 3. The van der Waals surface area contributed by atoms with Crippen LogP contribution in [-0.4, -0.2) is 17.7 Å². The molecule has 0 aliphatic heterocycles. The second-order valence-corrected chi connectivity index (χ2v) is 5.40.